The molecule has 2 aromatic carbocycles. The van der Waals surface area contributed by atoms with Gasteiger partial charge in [-0.05, 0) is 66.1 Å². The molecule has 1 saturated carbocycles. The zero-order valence-electron chi connectivity index (χ0n) is 17.2. The predicted molar refractivity (Wildman–Crippen MR) is 113 cm³/mol. The number of rotatable bonds is 5. The quantitative estimate of drug-likeness (QED) is 0.560. The first kappa shape index (κ1) is 20.6. The largest absolute Gasteiger partial charge is 0.356 e. The van der Waals surface area contributed by atoms with Gasteiger partial charge in [-0.25, -0.2) is 13.2 Å². The Morgan fingerprint density at radius 1 is 1.06 bits per heavy atom. The molecular formula is C24H22F3N3O2. The highest BCUT2D eigenvalue weighted by atomic mass is 19.1. The molecule has 2 aliphatic rings. The van der Waals surface area contributed by atoms with Gasteiger partial charge in [0.05, 0.1) is 17.1 Å². The second-order valence-corrected chi connectivity index (χ2v) is 8.72. The molecule has 1 aliphatic heterocycles. The number of hydrogen-bond donors (Lipinski definition) is 3. The third-order valence-corrected chi connectivity index (χ3v) is 6.55. The van der Waals surface area contributed by atoms with E-state index in [0.717, 1.165) is 24.5 Å². The molecule has 2 fully saturated rings. The summed E-state index contributed by atoms with van der Waals surface area (Å²) in [4.78, 5) is 26.6. The fourth-order valence-corrected chi connectivity index (χ4v) is 4.83. The smallest absolute Gasteiger partial charge is 0.225 e. The number of aromatic amines is 1. The molecule has 0 spiro atoms. The van der Waals surface area contributed by atoms with E-state index in [1.54, 1.807) is 12.1 Å². The minimum absolute atomic E-state index is 0.0571. The topological polar surface area (TPSA) is 74.0 Å². The minimum Gasteiger partial charge on any atom is -0.356 e. The van der Waals surface area contributed by atoms with Crippen molar-refractivity contribution in [1.29, 1.82) is 0 Å². The van der Waals surface area contributed by atoms with E-state index < -0.39 is 11.6 Å². The maximum absolute atomic E-state index is 14.5. The Morgan fingerprint density at radius 3 is 2.50 bits per heavy atom. The summed E-state index contributed by atoms with van der Waals surface area (Å²) in [5.74, 6) is -1.97. The third-order valence-electron chi connectivity index (χ3n) is 6.55. The first-order valence-corrected chi connectivity index (χ1v) is 10.7. The lowest BCUT2D eigenvalue weighted by Crippen LogP contribution is -2.38. The molecule has 1 saturated heterocycles. The van der Waals surface area contributed by atoms with Crippen LogP contribution in [0.5, 0.6) is 0 Å². The van der Waals surface area contributed by atoms with Gasteiger partial charge in [0.15, 0.2) is 0 Å². The van der Waals surface area contributed by atoms with Crippen LogP contribution >= 0.6 is 0 Å². The van der Waals surface area contributed by atoms with Crippen LogP contribution in [-0.4, -0.2) is 29.9 Å². The van der Waals surface area contributed by atoms with Crippen LogP contribution in [0.1, 0.15) is 30.7 Å². The molecule has 0 bridgehead atoms. The average molecular weight is 441 g/mol. The van der Waals surface area contributed by atoms with E-state index in [0.29, 0.717) is 29.7 Å². The monoisotopic (exact) mass is 441 g/mol. The van der Waals surface area contributed by atoms with E-state index in [1.807, 2.05) is 0 Å². The molecule has 1 atom stereocenters. The van der Waals surface area contributed by atoms with E-state index >= 15 is 0 Å². The molecule has 1 aliphatic carbocycles. The van der Waals surface area contributed by atoms with E-state index in [2.05, 4.69) is 15.6 Å². The molecule has 32 heavy (non-hydrogen) atoms. The van der Waals surface area contributed by atoms with E-state index in [4.69, 9.17) is 0 Å². The fourth-order valence-electron chi connectivity index (χ4n) is 4.83. The lowest BCUT2D eigenvalue weighted by Gasteiger charge is -2.36. The van der Waals surface area contributed by atoms with Crippen molar-refractivity contribution in [2.45, 2.75) is 25.2 Å². The lowest BCUT2D eigenvalue weighted by molar-refractivity contribution is -0.126. The minimum atomic E-state index is -0.669. The van der Waals surface area contributed by atoms with Gasteiger partial charge in [0.1, 0.15) is 17.5 Å². The number of aromatic nitrogens is 1. The Labute approximate surface area is 182 Å². The third kappa shape index (κ3) is 3.74. The number of H-pyrrole nitrogens is 1. The number of carbonyl (C=O) groups is 2. The van der Waals surface area contributed by atoms with Gasteiger partial charge in [-0.2, -0.15) is 0 Å². The Morgan fingerprint density at radius 2 is 1.81 bits per heavy atom. The number of nitrogens with one attached hydrogen (secondary N) is 3. The highest BCUT2D eigenvalue weighted by molar-refractivity contribution is 5.92. The maximum atomic E-state index is 14.5. The van der Waals surface area contributed by atoms with Gasteiger partial charge in [-0.15, -0.1) is 0 Å². The summed E-state index contributed by atoms with van der Waals surface area (Å²) >= 11 is 0. The van der Waals surface area contributed by atoms with Crippen LogP contribution in [0.3, 0.4) is 0 Å². The molecule has 2 heterocycles. The molecule has 5 rings (SSSR count). The molecule has 3 aromatic rings. The van der Waals surface area contributed by atoms with Crippen molar-refractivity contribution in [3.63, 3.8) is 0 Å². The van der Waals surface area contributed by atoms with Gasteiger partial charge >= 0.3 is 0 Å². The van der Waals surface area contributed by atoms with Crippen LogP contribution < -0.4 is 10.6 Å². The highest BCUT2D eigenvalue weighted by Gasteiger charge is 2.35. The molecule has 2 amide bonds. The van der Waals surface area contributed by atoms with Crippen LogP contribution in [-0.2, 0) is 9.59 Å². The molecular weight excluding hydrogens is 419 g/mol. The van der Waals surface area contributed by atoms with Crippen LogP contribution in [0.2, 0.25) is 0 Å². The van der Waals surface area contributed by atoms with Gasteiger partial charge in [0.2, 0.25) is 11.8 Å². The zero-order chi connectivity index (χ0) is 22.4. The first-order valence-electron chi connectivity index (χ1n) is 10.7. The Hall–Kier alpha value is -3.29. The molecule has 5 nitrogen and oxygen atoms in total. The second kappa shape index (κ2) is 8.00. The van der Waals surface area contributed by atoms with Crippen molar-refractivity contribution in [3.8, 4) is 11.3 Å². The van der Waals surface area contributed by atoms with E-state index in [-0.39, 0.29) is 47.3 Å². The predicted octanol–water partition coefficient (Wildman–Crippen LogP) is 4.00. The summed E-state index contributed by atoms with van der Waals surface area (Å²) < 4.78 is 41.9. The van der Waals surface area contributed by atoms with Crippen molar-refractivity contribution in [3.05, 3.63) is 59.4 Å². The summed E-state index contributed by atoms with van der Waals surface area (Å²) in [5, 5.41) is 6.07. The van der Waals surface area contributed by atoms with Gasteiger partial charge in [0, 0.05) is 31.0 Å². The van der Waals surface area contributed by atoms with Crippen molar-refractivity contribution in [2.75, 3.05) is 13.1 Å². The Balaban J connectivity index is 1.36. The lowest BCUT2D eigenvalue weighted by atomic mass is 9.70. The van der Waals surface area contributed by atoms with Crippen molar-refractivity contribution < 1.29 is 22.8 Å². The average Bonchev–Trinajstić information content (AvgIpc) is 3.32. The number of carbonyl (C=O) groups excluding carboxylic acids is 2. The second-order valence-electron chi connectivity index (χ2n) is 8.72. The number of benzene rings is 2. The maximum Gasteiger partial charge on any atom is 0.225 e. The number of amides is 2. The molecule has 1 aromatic heterocycles. The molecule has 3 N–H and O–H groups in total. The van der Waals surface area contributed by atoms with Crippen molar-refractivity contribution in [2.24, 2.45) is 11.8 Å². The highest BCUT2D eigenvalue weighted by Crippen LogP contribution is 2.48. The van der Waals surface area contributed by atoms with Gasteiger partial charge < -0.3 is 15.6 Å². The number of halogens is 3. The SMILES string of the molecule is O=C1CC(C(=O)NC[C@H]2C[C@@H](c3c(-c4ccc(F)cc4)[nH]c4c(F)cc(F)cc43)C2)CN1. The van der Waals surface area contributed by atoms with Crippen LogP contribution in [0, 0.1) is 29.3 Å². The summed E-state index contributed by atoms with van der Waals surface area (Å²) in [6, 6.07) is 8.08. The Bertz CT molecular complexity index is 1200. The fraction of sp³-hybridized carbons (Fsp3) is 0.333. The Kier molecular flexibility index (Phi) is 5.15. The molecule has 166 valence electrons. The van der Waals surface area contributed by atoms with E-state index in [9.17, 15) is 22.8 Å². The summed E-state index contributed by atoms with van der Waals surface area (Å²) in [6.45, 7) is 0.864. The standard InChI is InChI=1S/C24H22F3N3O2/c25-16-3-1-13(2-4-16)22-21(18-8-17(26)9-19(27)23(18)30-22)14-5-12(6-14)10-29-24(32)15-7-20(31)28-11-15/h1-4,8-9,12,14-15,30H,5-7,10-11H2,(H,28,31)(H,29,32)/t12-,14+,15?. The summed E-state index contributed by atoms with van der Waals surface area (Å²) in [5.41, 5.74) is 2.41. The molecule has 8 heteroatoms. The van der Waals surface area contributed by atoms with Gasteiger partial charge in [0.25, 0.3) is 0 Å². The summed E-state index contributed by atoms with van der Waals surface area (Å²) in [6.07, 6.45) is 1.72. The molecule has 1 unspecified atom stereocenters. The van der Waals surface area contributed by atoms with Crippen LogP contribution in [0.4, 0.5) is 13.2 Å². The zero-order valence-corrected chi connectivity index (χ0v) is 17.2. The van der Waals surface area contributed by atoms with E-state index in [1.165, 1.54) is 18.2 Å². The van der Waals surface area contributed by atoms with Gasteiger partial charge in [-0.3, -0.25) is 9.59 Å². The summed E-state index contributed by atoms with van der Waals surface area (Å²) in [7, 11) is 0. The number of fused-ring (bicyclic) bond motifs is 1. The van der Waals surface area contributed by atoms with Crippen molar-refractivity contribution >= 4 is 22.7 Å². The molecule has 0 radical (unpaired) electrons. The van der Waals surface area contributed by atoms with Crippen LogP contribution in [0.25, 0.3) is 22.2 Å². The normalized spacial score (nSPS) is 22.6. The first-order chi connectivity index (χ1) is 15.4. The van der Waals surface area contributed by atoms with Crippen molar-refractivity contribution in [1.82, 2.24) is 15.6 Å². The van der Waals surface area contributed by atoms with Crippen LogP contribution in [0.15, 0.2) is 36.4 Å². The number of hydrogen-bond acceptors (Lipinski definition) is 2. The van der Waals surface area contributed by atoms with Gasteiger partial charge in [-0.1, -0.05) is 0 Å².